The second-order valence-electron chi connectivity index (χ2n) is 6.17. The van der Waals surface area contributed by atoms with Crippen LogP contribution in [-0.2, 0) is 4.74 Å². The van der Waals surface area contributed by atoms with Gasteiger partial charge in [0.25, 0.3) is 5.91 Å². The van der Waals surface area contributed by atoms with E-state index in [4.69, 9.17) is 0 Å². The first-order valence-corrected chi connectivity index (χ1v) is 8.08. The van der Waals surface area contributed by atoms with Gasteiger partial charge in [-0.3, -0.25) is 4.79 Å². The third-order valence-corrected chi connectivity index (χ3v) is 4.42. The number of ether oxygens (including phenoxy) is 1. The van der Waals surface area contributed by atoms with E-state index in [1.165, 1.54) is 31.5 Å². The number of hydrogen-bond donors (Lipinski definition) is 0. The molecular formula is C19H19FN2O3. The normalized spacial score (nSPS) is 14.7. The molecule has 1 aromatic carbocycles. The van der Waals surface area contributed by atoms with Crippen molar-refractivity contribution in [1.82, 2.24) is 9.88 Å². The van der Waals surface area contributed by atoms with Gasteiger partial charge in [-0.05, 0) is 48.6 Å². The predicted molar refractivity (Wildman–Crippen MR) is 89.5 cm³/mol. The highest BCUT2D eigenvalue weighted by Crippen LogP contribution is 2.44. The summed E-state index contributed by atoms with van der Waals surface area (Å²) in [5, 5.41) is 0. The van der Waals surface area contributed by atoms with Crippen molar-refractivity contribution in [3.8, 4) is 0 Å². The molecular weight excluding hydrogens is 323 g/mol. The molecule has 5 nitrogen and oxygen atoms in total. The van der Waals surface area contributed by atoms with Crippen LogP contribution in [0.25, 0.3) is 0 Å². The van der Waals surface area contributed by atoms with E-state index in [2.05, 4.69) is 9.72 Å². The highest BCUT2D eigenvalue weighted by atomic mass is 19.1. The fraction of sp³-hybridized carbons (Fsp3) is 0.316. The van der Waals surface area contributed by atoms with Crippen LogP contribution in [-0.4, -0.2) is 35.9 Å². The van der Waals surface area contributed by atoms with Crippen molar-refractivity contribution in [2.45, 2.75) is 18.9 Å². The summed E-state index contributed by atoms with van der Waals surface area (Å²) < 4.78 is 17.9. The smallest absolute Gasteiger partial charge is 0.356 e. The van der Waals surface area contributed by atoms with Gasteiger partial charge in [0.15, 0.2) is 0 Å². The van der Waals surface area contributed by atoms with Crippen molar-refractivity contribution in [2.24, 2.45) is 5.92 Å². The summed E-state index contributed by atoms with van der Waals surface area (Å²) in [6.07, 6.45) is 3.48. The number of hydrogen-bond acceptors (Lipinski definition) is 4. The predicted octanol–water partition coefficient (Wildman–Crippen LogP) is 3.23. The molecule has 2 aromatic rings. The van der Waals surface area contributed by atoms with Gasteiger partial charge in [-0.15, -0.1) is 0 Å². The molecule has 3 rings (SSSR count). The first-order chi connectivity index (χ1) is 12.0. The number of methoxy groups -OCH3 is 1. The molecule has 1 fully saturated rings. The third-order valence-electron chi connectivity index (χ3n) is 4.42. The molecule has 0 saturated heterocycles. The van der Waals surface area contributed by atoms with Crippen LogP contribution in [0, 0.1) is 11.7 Å². The van der Waals surface area contributed by atoms with E-state index in [1.54, 1.807) is 30.1 Å². The second-order valence-corrected chi connectivity index (χ2v) is 6.17. The molecule has 1 aromatic heterocycles. The van der Waals surface area contributed by atoms with Gasteiger partial charge in [0, 0.05) is 18.8 Å². The van der Waals surface area contributed by atoms with Gasteiger partial charge in [-0.1, -0.05) is 12.1 Å². The van der Waals surface area contributed by atoms with Crippen LogP contribution in [0.3, 0.4) is 0 Å². The molecule has 0 radical (unpaired) electrons. The molecule has 1 amide bonds. The van der Waals surface area contributed by atoms with E-state index in [0.29, 0.717) is 11.5 Å². The number of carbonyl (C=O) groups is 2. The molecule has 0 aliphatic heterocycles. The molecule has 1 atom stereocenters. The Balaban J connectivity index is 1.87. The summed E-state index contributed by atoms with van der Waals surface area (Å²) in [5.74, 6) is -0.742. The van der Waals surface area contributed by atoms with Crippen LogP contribution in [0.15, 0.2) is 42.6 Å². The van der Waals surface area contributed by atoms with E-state index in [0.717, 1.165) is 18.4 Å². The van der Waals surface area contributed by atoms with Gasteiger partial charge in [0.1, 0.15) is 11.5 Å². The van der Waals surface area contributed by atoms with Crippen molar-refractivity contribution >= 4 is 11.9 Å². The number of aromatic nitrogens is 1. The van der Waals surface area contributed by atoms with Crippen LogP contribution in [0.2, 0.25) is 0 Å². The average Bonchev–Trinajstić information content (AvgIpc) is 3.47. The van der Waals surface area contributed by atoms with Crippen molar-refractivity contribution in [3.05, 3.63) is 65.2 Å². The quantitative estimate of drug-likeness (QED) is 0.783. The minimum Gasteiger partial charge on any atom is -0.464 e. The summed E-state index contributed by atoms with van der Waals surface area (Å²) in [4.78, 5) is 30.1. The molecule has 0 N–H and O–H groups in total. The Hall–Kier alpha value is -2.76. The molecule has 1 unspecified atom stereocenters. The van der Waals surface area contributed by atoms with Crippen LogP contribution in [0.4, 0.5) is 4.39 Å². The van der Waals surface area contributed by atoms with Gasteiger partial charge < -0.3 is 9.64 Å². The SMILES string of the molecule is COC(=O)c1cc(C(=O)N(C)C(c2ccc(F)cc2)C2CC2)ccn1. The van der Waals surface area contributed by atoms with Gasteiger partial charge in [0.05, 0.1) is 13.2 Å². The van der Waals surface area contributed by atoms with E-state index >= 15 is 0 Å². The van der Waals surface area contributed by atoms with Crippen molar-refractivity contribution in [3.63, 3.8) is 0 Å². The highest BCUT2D eigenvalue weighted by Gasteiger charge is 2.37. The maximum absolute atomic E-state index is 13.2. The van der Waals surface area contributed by atoms with Gasteiger partial charge in [-0.25, -0.2) is 14.2 Å². The summed E-state index contributed by atoms with van der Waals surface area (Å²) >= 11 is 0. The lowest BCUT2D eigenvalue weighted by Gasteiger charge is -2.29. The number of pyridine rings is 1. The lowest BCUT2D eigenvalue weighted by Crippen LogP contribution is -2.32. The van der Waals surface area contributed by atoms with Crippen LogP contribution >= 0.6 is 0 Å². The monoisotopic (exact) mass is 342 g/mol. The van der Waals surface area contributed by atoms with Crippen LogP contribution in [0.5, 0.6) is 0 Å². The Labute approximate surface area is 145 Å². The Kier molecular flexibility index (Phi) is 4.79. The molecule has 25 heavy (non-hydrogen) atoms. The summed E-state index contributed by atoms with van der Waals surface area (Å²) in [5.41, 5.74) is 1.36. The lowest BCUT2D eigenvalue weighted by atomic mass is 10.00. The average molecular weight is 342 g/mol. The number of rotatable bonds is 5. The fourth-order valence-corrected chi connectivity index (χ4v) is 2.99. The Morgan fingerprint density at radius 1 is 1.24 bits per heavy atom. The molecule has 1 saturated carbocycles. The molecule has 1 aliphatic rings. The third kappa shape index (κ3) is 3.68. The van der Waals surface area contributed by atoms with E-state index in [1.807, 2.05) is 0 Å². The zero-order valence-electron chi connectivity index (χ0n) is 14.1. The Morgan fingerprint density at radius 3 is 2.52 bits per heavy atom. The summed E-state index contributed by atoms with van der Waals surface area (Å²) in [6, 6.07) is 9.13. The Morgan fingerprint density at radius 2 is 1.92 bits per heavy atom. The molecule has 130 valence electrons. The lowest BCUT2D eigenvalue weighted by molar-refractivity contribution is 0.0594. The number of halogens is 1. The largest absolute Gasteiger partial charge is 0.464 e. The van der Waals surface area contributed by atoms with E-state index in [-0.39, 0.29) is 23.5 Å². The number of amides is 1. The van der Waals surface area contributed by atoms with E-state index < -0.39 is 5.97 Å². The maximum atomic E-state index is 13.2. The molecule has 0 bridgehead atoms. The summed E-state index contributed by atoms with van der Waals surface area (Å²) in [7, 11) is 3.00. The topological polar surface area (TPSA) is 59.5 Å². The van der Waals surface area contributed by atoms with Crippen LogP contribution in [0.1, 0.15) is 45.3 Å². The zero-order valence-corrected chi connectivity index (χ0v) is 14.1. The number of carbonyl (C=O) groups excluding carboxylic acids is 2. The van der Waals surface area contributed by atoms with Gasteiger partial charge >= 0.3 is 5.97 Å². The van der Waals surface area contributed by atoms with Crippen molar-refractivity contribution in [2.75, 3.05) is 14.2 Å². The second kappa shape index (κ2) is 7.01. The minimum atomic E-state index is -0.588. The molecule has 1 aliphatic carbocycles. The zero-order chi connectivity index (χ0) is 18.0. The maximum Gasteiger partial charge on any atom is 0.356 e. The molecule has 0 spiro atoms. The summed E-state index contributed by atoms with van der Waals surface area (Å²) in [6.45, 7) is 0. The molecule has 1 heterocycles. The minimum absolute atomic E-state index is 0.0894. The van der Waals surface area contributed by atoms with Gasteiger partial charge in [-0.2, -0.15) is 0 Å². The Bertz CT molecular complexity index is 788. The van der Waals surface area contributed by atoms with Crippen molar-refractivity contribution < 1.29 is 18.7 Å². The van der Waals surface area contributed by atoms with E-state index in [9.17, 15) is 14.0 Å². The van der Waals surface area contributed by atoms with Crippen LogP contribution < -0.4 is 0 Å². The van der Waals surface area contributed by atoms with Crippen molar-refractivity contribution in [1.29, 1.82) is 0 Å². The number of esters is 1. The number of nitrogens with zero attached hydrogens (tertiary/aromatic N) is 2. The highest BCUT2D eigenvalue weighted by molar-refractivity contribution is 5.97. The standard InChI is InChI=1S/C19H19FN2O3/c1-22(17(12-3-4-12)13-5-7-15(20)8-6-13)18(23)14-9-10-21-16(11-14)19(24)25-2/h5-12,17H,3-4H2,1-2H3. The fourth-order valence-electron chi connectivity index (χ4n) is 2.99. The first-order valence-electron chi connectivity index (χ1n) is 8.08. The first kappa shape index (κ1) is 17.1. The molecule has 6 heteroatoms. The van der Waals surface area contributed by atoms with Gasteiger partial charge in [0.2, 0.25) is 0 Å². The number of benzene rings is 1.